The van der Waals surface area contributed by atoms with Crippen LogP contribution in [0.25, 0.3) is 10.8 Å². The first-order valence-corrected chi connectivity index (χ1v) is 7.44. The normalized spacial score (nSPS) is 13.5. The average molecular weight is 305 g/mol. The third kappa shape index (κ3) is 2.38. The van der Waals surface area contributed by atoms with Crippen molar-refractivity contribution in [3.8, 4) is 5.75 Å². The maximum Gasteiger partial charge on any atom is 0.335 e. The monoisotopic (exact) mass is 305 g/mol. The fourth-order valence-corrected chi connectivity index (χ4v) is 2.98. The second kappa shape index (κ2) is 5.32. The highest BCUT2D eigenvalue weighted by Crippen LogP contribution is 2.33. The van der Waals surface area contributed by atoms with E-state index >= 15 is 0 Å². The molecule has 0 saturated carbocycles. The van der Waals surface area contributed by atoms with Crippen LogP contribution in [0.5, 0.6) is 5.75 Å². The Morgan fingerprint density at radius 2 is 1.78 bits per heavy atom. The molecule has 0 radical (unpaired) electrons. The lowest BCUT2D eigenvalue weighted by Crippen LogP contribution is -2.31. The molecule has 1 heterocycles. The lowest BCUT2D eigenvalue weighted by Gasteiger charge is -2.31. The van der Waals surface area contributed by atoms with Crippen molar-refractivity contribution < 1.29 is 14.6 Å². The minimum absolute atomic E-state index is 0.289. The van der Waals surface area contributed by atoms with Gasteiger partial charge in [-0.2, -0.15) is 0 Å². The maximum atomic E-state index is 11.0. The van der Waals surface area contributed by atoms with E-state index in [-0.39, 0.29) is 5.56 Å². The number of hydrogen-bond donors (Lipinski definition) is 1. The van der Waals surface area contributed by atoms with Crippen molar-refractivity contribution in [2.45, 2.75) is 6.54 Å². The summed E-state index contributed by atoms with van der Waals surface area (Å²) in [5.41, 5.74) is 2.41. The van der Waals surface area contributed by atoms with Gasteiger partial charge in [-0.05, 0) is 41.1 Å². The summed E-state index contributed by atoms with van der Waals surface area (Å²) < 4.78 is 5.89. The zero-order chi connectivity index (χ0) is 15.8. The van der Waals surface area contributed by atoms with E-state index in [0.717, 1.165) is 23.5 Å². The van der Waals surface area contributed by atoms with Crippen molar-refractivity contribution >= 4 is 22.4 Å². The van der Waals surface area contributed by atoms with Crippen LogP contribution in [0.4, 0.5) is 5.69 Å². The van der Waals surface area contributed by atoms with E-state index < -0.39 is 5.97 Å². The number of hydrogen-bond acceptors (Lipinski definition) is 3. The van der Waals surface area contributed by atoms with Gasteiger partial charge in [0.2, 0.25) is 0 Å². The van der Waals surface area contributed by atoms with Crippen LogP contribution in [0.2, 0.25) is 0 Å². The highest BCUT2D eigenvalue weighted by Gasteiger charge is 2.20. The average Bonchev–Trinajstić information content (AvgIpc) is 2.61. The number of carbonyl (C=O) groups is 1. The van der Waals surface area contributed by atoms with Gasteiger partial charge in [-0.3, -0.25) is 0 Å². The first kappa shape index (κ1) is 13.6. The molecule has 0 atom stereocenters. The molecule has 1 aliphatic heterocycles. The van der Waals surface area contributed by atoms with Gasteiger partial charge < -0.3 is 14.7 Å². The highest BCUT2D eigenvalue weighted by atomic mass is 16.5. The molecular weight excluding hydrogens is 290 g/mol. The second-order valence-corrected chi connectivity index (χ2v) is 5.59. The van der Waals surface area contributed by atoms with Crippen LogP contribution in [0.15, 0.2) is 60.7 Å². The Bertz CT molecular complexity index is 887. The van der Waals surface area contributed by atoms with E-state index in [4.69, 9.17) is 9.84 Å². The molecule has 3 aromatic carbocycles. The van der Waals surface area contributed by atoms with Crippen LogP contribution in [-0.4, -0.2) is 17.8 Å². The Labute approximate surface area is 133 Å². The van der Waals surface area contributed by atoms with Crippen LogP contribution in [0, 0.1) is 0 Å². The lowest BCUT2D eigenvalue weighted by molar-refractivity contribution is 0.0697. The first-order valence-electron chi connectivity index (χ1n) is 7.44. The molecule has 0 aliphatic carbocycles. The molecule has 23 heavy (non-hydrogen) atoms. The molecule has 1 N–H and O–H groups in total. The largest absolute Gasteiger partial charge is 0.478 e. The molecule has 0 spiro atoms. The second-order valence-electron chi connectivity index (χ2n) is 5.59. The number of fused-ring (bicyclic) bond motifs is 3. The Hall–Kier alpha value is -3.01. The third-order valence-corrected chi connectivity index (χ3v) is 4.20. The number of anilines is 1. The van der Waals surface area contributed by atoms with E-state index in [0.29, 0.717) is 6.73 Å². The summed E-state index contributed by atoms with van der Waals surface area (Å²) >= 11 is 0. The number of rotatable bonds is 2. The number of benzene rings is 3. The molecule has 0 saturated heterocycles. The van der Waals surface area contributed by atoms with Crippen LogP contribution >= 0.6 is 0 Å². The quantitative estimate of drug-likeness (QED) is 0.780. The highest BCUT2D eigenvalue weighted by molar-refractivity contribution is 5.89. The van der Waals surface area contributed by atoms with Gasteiger partial charge >= 0.3 is 5.97 Å². The molecular formula is C19H15NO3. The Morgan fingerprint density at radius 1 is 1.00 bits per heavy atom. The summed E-state index contributed by atoms with van der Waals surface area (Å²) in [6.45, 7) is 1.20. The standard InChI is InChI=1S/C19H15NO3/c21-19(22)14-5-8-15(9-6-14)20-11-17-16-4-2-1-3-13(16)7-10-18(17)23-12-20/h1-10H,11-12H2,(H,21,22). The van der Waals surface area contributed by atoms with Crippen molar-refractivity contribution in [1.29, 1.82) is 0 Å². The molecule has 0 bridgehead atoms. The molecule has 0 aromatic heterocycles. The maximum absolute atomic E-state index is 11.0. The van der Waals surface area contributed by atoms with Crippen molar-refractivity contribution in [3.05, 3.63) is 71.8 Å². The van der Waals surface area contributed by atoms with Crippen LogP contribution in [-0.2, 0) is 6.54 Å². The Balaban J connectivity index is 1.70. The molecule has 0 unspecified atom stereocenters. The smallest absolute Gasteiger partial charge is 0.335 e. The fraction of sp³-hybridized carbons (Fsp3) is 0.105. The van der Waals surface area contributed by atoms with Crippen molar-refractivity contribution in [1.82, 2.24) is 0 Å². The molecule has 1 aliphatic rings. The summed E-state index contributed by atoms with van der Waals surface area (Å²) in [6.07, 6.45) is 0. The topological polar surface area (TPSA) is 49.8 Å². The van der Waals surface area contributed by atoms with Gasteiger partial charge in [0.1, 0.15) is 5.75 Å². The fourth-order valence-electron chi connectivity index (χ4n) is 2.98. The number of ether oxygens (including phenoxy) is 1. The van der Waals surface area contributed by atoms with Gasteiger partial charge in [0.25, 0.3) is 0 Å². The Morgan fingerprint density at radius 3 is 2.57 bits per heavy atom. The van der Waals surface area contributed by atoms with E-state index in [1.54, 1.807) is 12.1 Å². The van der Waals surface area contributed by atoms with Gasteiger partial charge in [-0.25, -0.2) is 4.79 Å². The summed E-state index contributed by atoms with van der Waals surface area (Å²) in [5, 5.41) is 11.4. The summed E-state index contributed by atoms with van der Waals surface area (Å²) in [4.78, 5) is 13.1. The number of nitrogens with zero attached hydrogens (tertiary/aromatic N) is 1. The van der Waals surface area contributed by atoms with E-state index in [9.17, 15) is 4.79 Å². The summed E-state index contributed by atoms with van der Waals surface area (Å²) in [7, 11) is 0. The van der Waals surface area contributed by atoms with Crippen LogP contribution < -0.4 is 9.64 Å². The molecule has 0 fully saturated rings. The van der Waals surface area contributed by atoms with Crippen LogP contribution in [0.1, 0.15) is 15.9 Å². The van der Waals surface area contributed by atoms with E-state index in [2.05, 4.69) is 23.1 Å². The van der Waals surface area contributed by atoms with Crippen molar-refractivity contribution in [2.75, 3.05) is 11.6 Å². The molecule has 3 aromatic rings. The summed E-state index contributed by atoms with van der Waals surface area (Å²) in [6, 6.07) is 19.2. The summed E-state index contributed by atoms with van der Waals surface area (Å²) in [5.74, 6) is 0.00453. The zero-order valence-corrected chi connectivity index (χ0v) is 12.4. The number of aromatic carboxylic acids is 1. The molecule has 4 nitrogen and oxygen atoms in total. The molecule has 114 valence electrons. The van der Waals surface area contributed by atoms with Gasteiger partial charge in [0.15, 0.2) is 6.73 Å². The SMILES string of the molecule is O=C(O)c1ccc(N2COc3ccc4ccccc4c3C2)cc1. The lowest BCUT2D eigenvalue weighted by atomic mass is 10.0. The predicted octanol–water partition coefficient (Wildman–Crippen LogP) is 3.89. The minimum Gasteiger partial charge on any atom is -0.478 e. The molecule has 0 amide bonds. The Kier molecular flexibility index (Phi) is 3.15. The zero-order valence-electron chi connectivity index (χ0n) is 12.4. The third-order valence-electron chi connectivity index (χ3n) is 4.20. The van der Waals surface area contributed by atoms with Gasteiger partial charge in [0, 0.05) is 11.3 Å². The van der Waals surface area contributed by atoms with Gasteiger partial charge in [0.05, 0.1) is 12.1 Å². The van der Waals surface area contributed by atoms with Gasteiger partial charge in [-0.15, -0.1) is 0 Å². The molecule has 4 heteroatoms. The van der Waals surface area contributed by atoms with E-state index in [1.165, 1.54) is 10.8 Å². The van der Waals surface area contributed by atoms with Gasteiger partial charge in [-0.1, -0.05) is 30.3 Å². The van der Waals surface area contributed by atoms with Crippen molar-refractivity contribution in [2.24, 2.45) is 0 Å². The molecule has 4 rings (SSSR count). The van der Waals surface area contributed by atoms with Crippen molar-refractivity contribution in [3.63, 3.8) is 0 Å². The number of carboxylic acid groups (broad SMARTS) is 1. The first-order chi connectivity index (χ1) is 11.2. The minimum atomic E-state index is -0.914. The van der Waals surface area contributed by atoms with E-state index in [1.807, 2.05) is 30.3 Å². The van der Waals surface area contributed by atoms with Crippen LogP contribution in [0.3, 0.4) is 0 Å². The predicted molar refractivity (Wildman–Crippen MR) is 89.0 cm³/mol. The number of carboxylic acids is 1.